The standard InChI is InChI=1S/C9H8N2O3/c12-8(13)9(2-3-9)7-6-5(10-11-7)1-4-14-6/h1,4H,2-3H2,(H,10,11)(H,12,13). The summed E-state index contributed by atoms with van der Waals surface area (Å²) >= 11 is 0. The second-order valence-electron chi connectivity index (χ2n) is 3.62. The normalized spacial score (nSPS) is 18.6. The molecule has 3 rings (SSSR count). The van der Waals surface area contributed by atoms with E-state index in [9.17, 15) is 4.79 Å². The first-order valence-electron chi connectivity index (χ1n) is 4.39. The fourth-order valence-electron chi connectivity index (χ4n) is 1.76. The summed E-state index contributed by atoms with van der Waals surface area (Å²) in [5.41, 5.74) is 1.09. The maximum Gasteiger partial charge on any atom is 0.315 e. The number of carboxylic acid groups (broad SMARTS) is 1. The maximum atomic E-state index is 11.1. The summed E-state index contributed by atoms with van der Waals surface area (Å²) in [5, 5.41) is 15.8. The highest BCUT2D eigenvalue weighted by molar-refractivity contribution is 5.90. The molecule has 0 amide bonds. The molecule has 0 unspecified atom stereocenters. The van der Waals surface area contributed by atoms with Gasteiger partial charge in [-0.2, -0.15) is 5.10 Å². The molecule has 2 aromatic heterocycles. The first-order valence-corrected chi connectivity index (χ1v) is 4.39. The van der Waals surface area contributed by atoms with Crippen LogP contribution in [0.15, 0.2) is 16.7 Å². The van der Waals surface area contributed by atoms with Gasteiger partial charge in [0, 0.05) is 6.07 Å². The number of nitrogens with zero attached hydrogens (tertiary/aromatic N) is 1. The third kappa shape index (κ3) is 0.742. The Kier molecular flexibility index (Phi) is 1.18. The van der Waals surface area contributed by atoms with Crippen LogP contribution in [0.3, 0.4) is 0 Å². The van der Waals surface area contributed by atoms with Crippen molar-refractivity contribution in [2.24, 2.45) is 0 Å². The van der Waals surface area contributed by atoms with Crippen molar-refractivity contribution in [1.82, 2.24) is 10.2 Å². The molecule has 1 aliphatic carbocycles. The van der Waals surface area contributed by atoms with Crippen molar-refractivity contribution in [1.29, 1.82) is 0 Å². The van der Waals surface area contributed by atoms with E-state index in [0.29, 0.717) is 29.6 Å². The lowest BCUT2D eigenvalue weighted by molar-refractivity contribution is -0.140. The minimum atomic E-state index is -0.806. The number of aromatic nitrogens is 2. The van der Waals surface area contributed by atoms with Gasteiger partial charge in [0.25, 0.3) is 0 Å². The molecule has 1 saturated carbocycles. The number of carboxylic acids is 1. The molecule has 0 bridgehead atoms. The first kappa shape index (κ1) is 7.61. The fraction of sp³-hybridized carbons (Fsp3) is 0.333. The third-order valence-electron chi connectivity index (χ3n) is 2.80. The van der Waals surface area contributed by atoms with Crippen molar-refractivity contribution in [3.8, 4) is 0 Å². The van der Waals surface area contributed by atoms with Crippen LogP contribution in [0, 0.1) is 0 Å². The SMILES string of the molecule is O=C(O)C1(c2[nH]nc3ccoc23)CC1. The van der Waals surface area contributed by atoms with E-state index >= 15 is 0 Å². The van der Waals surface area contributed by atoms with E-state index < -0.39 is 11.4 Å². The van der Waals surface area contributed by atoms with Gasteiger partial charge in [-0.25, -0.2) is 0 Å². The number of nitrogens with one attached hydrogen (secondary N) is 1. The molecule has 5 heteroatoms. The van der Waals surface area contributed by atoms with Crippen LogP contribution in [0.1, 0.15) is 18.5 Å². The average molecular weight is 192 g/mol. The molecule has 1 aliphatic rings. The molecule has 0 spiro atoms. The highest BCUT2D eigenvalue weighted by Gasteiger charge is 2.54. The number of fused-ring (bicyclic) bond motifs is 1. The topological polar surface area (TPSA) is 79.1 Å². The molecule has 2 N–H and O–H groups in total. The van der Waals surface area contributed by atoms with Gasteiger partial charge in [0.05, 0.1) is 12.0 Å². The second-order valence-corrected chi connectivity index (χ2v) is 3.62. The highest BCUT2D eigenvalue weighted by Crippen LogP contribution is 2.49. The van der Waals surface area contributed by atoms with Crippen molar-refractivity contribution in [3.05, 3.63) is 18.0 Å². The maximum absolute atomic E-state index is 11.1. The van der Waals surface area contributed by atoms with Gasteiger partial charge in [0.2, 0.25) is 0 Å². The van der Waals surface area contributed by atoms with Gasteiger partial charge < -0.3 is 9.52 Å². The van der Waals surface area contributed by atoms with Crippen molar-refractivity contribution in [3.63, 3.8) is 0 Å². The summed E-state index contributed by atoms with van der Waals surface area (Å²) in [7, 11) is 0. The molecule has 1 fully saturated rings. The molecule has 14 heavy (non-hydrogen) atoms. The van der Waals surface area contributed by atoms with Gasteiger partial charge in [0.1, 0.15) is 10.9 Å². The Morgan fingerprint density at radius 2 is 2.43 bits per heavy atom. The number of aliphatic carboxylic acids is 1. The van der Waals surface area contributed by atoms with Gasteiger partial charge in [-0.05, 0) is 12.8 Å². The average Bonchev–Trinajstić information content (AvgIpc) is 2.67. The number of rotatable bonds is 2. The predicted octanol–water partition coefficient (Wildman–Crippen LogP) is 1.27. The third-order valence-corrected chi connectivity index (χ3v) is 2.80. The van der Waals surface area contributed by atoms with Gasteiger partial charge in [-0.1, -0.05) is 0 Å². The number of aromatic amines is 1. The van der Waals surface area contributed by atoms with E-state index in [1.54, 1.807) is 6.07 Å². The summed E-state index contributed by atoms with van der Waals surface area (Å²) in [5.74, 6) is -0.806. The van der Waals surface area contributed by atoms with Gasteiger partial charge in [-0.3, -0.25) is 9.89 Å². The smallest absolute Gasteiger partial charge is 0.315 e. The molecule has 0 aromatic carbocycles. The lowest BCUT2D eigenvalue weighted by Crippen LogP contribution is -2.20. The number of carbonyl (C=O) groups is 1. The summed E-state index contributed by atoms with van der Waals surface area (Å²) in [4.78, 5) is 11.1. The van der Waals surface area contributed by atoms with Gasteiger partial charge in [0.15, 0.2) is 5.58 Å². The fourth-order valence-corrected chi connectivity index (χ4v) is 1.76. The zero-order valence-corrected chi connectivity index (χ0v) is 7.28. The van der Waals surface area contributed by atoms with Gasteiger partial charge >= 0.3 is 5.97 Å². The van der Waals surface area contributed by atoms with Gasteiger partial charge in [-0.15, -0.1) is 0 Å². The molecule has 2 aromatic rings. The van der Waals surface area contributed by atoms with E-state index in [1.165, 1.54) is 6.26 Å². The monoisotopic (exact) mass is 192 g/mol. The van der Waals surface area contributed by atoms with E-state index in [2.05, 4.69) is 10.2 Å². The number of hydrogen-bond acceptors (Lipinski definition) is 3. The van der Waals surface area contributed by atoms with Crippen LogP contribution in [-0.2, 0) is 10.2 Å². The molecule has 0 saturated heterocycles. The summed E-state index contributed by atoms with van der Waals surface area (Å²) in [6.07, 6.45) is 2.83. The van der Waals surface area contributed by atoms with Crippen molar-refractivity contribution in [2.45, 2.75) is 18.3 Å². The van der Waals surface area contributed by atoms with E-state index in [4.69, 9.17) is 9.52 Å². The van der Waals surface area contributed by atoms with Crippen LogP contribution in [0.2, 0.25) is 0 Å². The Morgan fingerprint density at radius 3 is 3.07 bits per heavy atom. The molecule has 0 atom stereocenters. The summed E-state index contributed by atoms with van der Waals surface area (Å²) in [6.45, 7) is 0. The van der Waals surface area contributed by atoms with Crippen LogP contribution in [0.25, 0.3) is 11.1 Å². The number of furan rings is 1. The van der Waals surface area contributed by atoms with Crippen LogP contribution in [0.5, 0.6) is 0 Å². The Balaban J connectivity index is 2.23. The van der Waals surface area contributed by atoms with Crippen LogP contribution in [-0.4, -0.2) is 21.3 Å². The zero-order valence-electron chi connectivity index (χ0n) is 7.28. The molecule has 0 aliphatic heterocycles. The van der Waals surface area contributed by atoms with Crippen LogP contribution in [0.4, 0.5) is 0 Å². The molecule has 5 nitrogen and oxygen atoms in total. The van der Waals surface area contributed by atoms with Crippen molar-refractivity contribution >= 4 is 17.1 Å². The predicted molar refractivity (Wildman–Crippen MR) is 46.9 cm³/mol. The number of hydrogen-bond donors (Lipinski definition) is 2. The Morgan fingerprint density at radius 1 is 1.64 bits per heavy atom. The lowest BCUT2D eigenvalue weighted by atomic mass is 10.0. The summed E-state index contributed by atoms with van der Waals surface area (Å²) < 4.78 is 5.21. The molecular formula is C9H8N2O3. The minimum absolute atomic E-state index is 0.574. The number of H-pyrrole nitrogens is 1. The zero-order chi connectivity index (χ0) is 9.76. The Bertz CT molecular complexity index is 507. The van der Waals surface area contributed by atoms with Crippen LogP contribution < -0.4 is 0 Å². The quantitative estimate of drug-likeness (QED) is 0.750. The van der Waals surface area contributed by atoms with Crippen molar-refractivity contribution in [2.75, 3.05) is 0 Å². The summed E-state index contributed by atoms with van der Waals surface area (Å²) in [6, 6.07) is 1.72. The Hall–Kier alpha value is -1.78. The van der Waals surface area contributed by atoms with Crippen molar-refractivity contribution < 1.29 is 14.3 Å². The Labute approximate surface area is 78.7 Å². The van der Waals surface area contributed by atoms with Crippen LogP contribution >= 0.6 is 0 Å². The molecule has 0 radical (unpaired) electrons. The second kappa shape index (κ2) is 2.17. The first-order chi connectivity index (χ1) is 6.74. The molecule has 2 heterocycles. The van der Waals surface area contributed by atoms with E-state index in [-0.39, 0.29) is 0 Å². The largest absolute Gasteiger partial charge is 0.481 e. The highest BCUT2D eigenvalue weighted by atomic mass is 16.4. The minimum Gasteiger partial charge on any atom is -0.481 e. The molecular weight excluding hydrogens is 184 g/mol. The molecule has 72 valence electrons. The lowest BCUT2D eigenvalue weighted by Gasteiger charge is -2.04. The van der Waals surface area contributed by atoms with E-state index in [0.717, 1.165) is 0 Å². The van der Waals surface area contributed by atoms with E-state index in [1.807, 2.05) is 0 Å².